The number of carbonyl (C=O) groups excluding carboxylic acids is 2. The zero-order valence-electron chi connectivity index (χ0n) is 10.6. The van der Waals surface area contributed by atoms with E-state index in [4.69, 9.17) is 9.47 Å². The lowest BCUT2D eigenvalue weighted by Crippen LogP contribution is -2.28. The molecule has 20 heavy (non-hydrogen) atoms. The number of aldehydes is 1. The zero-order valence-corrected chi connectivity index (χ0v) is 10.6. The summed E-state index contributed by atoms with van der Waals surface area (Å²) in [6.45, 7) is 0. The van der Waals surface area contributed by atoms with Crippen molar-refractivity contribution in [3.8, 4) is 0 Å². The summed E-state index contributed by atoms with van der Waals surface area (Å²) in [6, 6.07) is 3.95. The van der Waals surface area contributed by atoms with E-state index in [2.05, 4.69) is 0 Å². The molecule has 0 amide bonds. The minimum atomic E-state index is -0.571. The van der Waals surface area contributed by atoms with Crippen molar-refractivity contribution in [2.45, 2.75) is 31.2 Å². The van der Waals surface area contributed by atoms with Crippen LogP contribution in [0, 0.1) is 17.7 Å². The van der Waals surface area contributed by atoms with Gasteiger partial charge in [0.2, 0.25) is 0 Å². The Balaban J connectivity index is 1.78. The summed E-state index contributed by atoms with van der Waals surface area (Å²) in [5.74, 6) is -1.08. The maximum absolute atomic E-state index is 13.5. The minimum absolute atomic E-state index is 0.0239. The molecule has 0 N–H and O–H groups in total. The van der Waals surface area contributed by atoms with Crippen LogP contribution in [-0.4, -0.2) is 24.5 Å². The van der Waals surface area contributed by atoms with E-state index in [1.54, 1.807) is 0 Å². The normalized spacial score (nSPS) is 37.9. The van der Waals surface area contributed by atoms with Crippen LogP contribution in [0.5, 0.6) is 0 Å². The molecule has 3 heterocycles. The summed E-state index contributed by atoms with van der Waals surface area (Å²) >= 11 is 0. The maximum atomic E-state index is 13.5. The Bertz CT molecular complexity index is 600. The van der Waals surface area contributed by atoms with Gasteiger partial charge in [-0.05, 0) is 31.0 Å². The third-order valence-corrected chi connectivity index (χ3v) is 4.68. The predicted molar refractivity (Wildman–Crippen MR) is 65.5 cm³/mol. The van der Waals surface area contributed by atoms with E-state index in [1.807, 2.05) is 0 Å². The van der Waals surface area contributed by atoms with Gasteiger partial charge in [-0.15, -0.1) is 0 Å². The Morgan fingerprint density at radius 2 is 2.05 bits per heavy atom. The maximum Gasteiger partial charge on any atom is 0.312 e. The van der Waals surface area contributed by atoms with E-state index in [-0.39, 0.29) is 30.0 Å². The molecule has 3 aliphatic rings. The van der Waals surface area contributed by atoms with E-state index in [9.17, 15) is 14.0 Å². The second kappa shape index (κ2) is 4.12. The molecule has 3 saturated heterocycles. The summed E-state index contributed by atoms with van der Waals surface area (Å²) < 4.78 is 24.7. The molecule has 104 valence electrons. The Labute approximate surface area is 114 Å². The number of carbonyl (C=O) groups is 2. The van der Waals surface area contributed by atoms with Crippen LogP contribution in [0.2, 0.25) is 0 Å². The molecule has 0 aliphatic carbocycles. The van der Waals surface area contributed by atoms with Gasteiger partial charge in [-0.25, -0.2) is 4.39 Å². The fourth-order valence-electron chi connectivity index (χ4n) is 3.86. The Morgan fingerprint density at radius 1 is 1.25 bits per heavy atom. The third-order valence-electron chi connectivity index (χ3n) is 4.68. The van der Waals surface area contributed by atoms with Crippen molar-refractivity contribution in [1.82, 2.24) is 0 Å². The van der Waals surface area contributed by atoms with Gasteiger partial charge in [0.15, 0.2) is 0 Å². The highest BCUT2D eigenvalue weighted by atomic mass is 19.1. The Hall–Kier alpha value is -1.75. The van der Waals surface area contributed by atoms with Gasteiger partial charge in [-0.3, -0.25) is 9.59 Å². The standard InChI is InChI=1S/C15H13FO4/c16-8-2-1-7(6-17)9(5-8)14-12-10-3-4-11(19-10)13(12)15(18)20-14/h1-2,5-6,10-14H,3-4H2. The number of cyclic esters (lactones) is 1. The fourth-order valence-corrected chi connectivity index (χ4v) is 3.86. The average molecular weight is 276 g/mol. The minimum Gasteiger partial charge on any atom is -0.457 e. The first-order valence-corrected chi connectivity index (χ1v) is 6.79. The van der Waals surface area contributed by atoms with Crippen LogP contribution in [0.15, 0.2) is 18.2 Å². The van der Waals surface area contributed by atoms with Gasteiger partial charge in [-0.2, -0.15) is 0 Å². The molecule has 0 saturated carbocycles. The lowest BCUT2D eigenvalue weighted by atomic mass is 9.76. The van der Waals surface area contributed by atoms with Gasteiger partial charge < -0.3 is 9.47 Å². The number of hydrogen-bond acceptors (Lipinski definition) is 4. The number of fused-ring (bicyclic) bond motifs is 5. The molecular formula is C15H13FO4. The van der Waals surface area contributed by atoms with Gasteiger partial charge in [0, 0.05) is 17.0 Å². The van der Waals surface area contributed by atoms with E-state index >= 15 is 0 Å². The van der Waals surface area contributed by atoms with E-state index < -0.39 is 11.9 Å². The molecule has 0 aromatic heterocycles. The zero-order chi connectivity index (χ0) is 13.9. The second-order valence-corrected chi connectivity index (χ2v) is 5.64. The quantitative estimate of drug-likeness (QED) is 0.612. The molecule has 1 aromatic carbocycles. The van der Waals surface area contributed by atoms with Crippen molar-refractivity contribution >= 4 is 12.3 Å². The second-order valence-electron chi connectivity index (χ2n) is 5.64. The van der Waals surface area contributed by atoms with Crippen LogP contribution < -0.4 is 0 Å². The number of hydrogen-bond donors (Lipinski definition) is 0. The summed E-state index contributed by atoms with van der Waals surface area (Å²) in [6.07, 6.45) is 1.77. The topological polar surface area (TPSA) is 52.6 Å². The molecule has 5 atom stereocenters. The molecule has 1 aromatic rings. The van der Waals surface area contributed by atoms with Gasteiger partial charge >= 0.3 is 5.97 Å². The lowest BCUT2D eigenvalue weighted by Gasteiger charge is -2.23. The van der Waals surface area contributed by atoms with Crippen LogP contribution in [0.1, 0.15) is 34.9 Å². The first-order valence-electron chi connectivity index (χ1n) is 6.79. The van der Waals surface area contributed by atoms with Crippen molar-refractivity contribution in [3.63, 3.8) is 0 Å². The lowest BCUT2D eigenvalue weighted by molar-refractivity contribution is -0.147. The van der Waals surface area contributed by atoms with E-state index in [1.165, 1.54) is 18.2 Å². The Morgan fingerprint density at radius 3 is 2.85 bits per heavy atom. The molecule has 3 fully saturated rings. The van der Waals surface area contributed by atoms with Crippen molar-refractivity contribution < 1.29 is 23.5 Å². The number of esters is 1. The van der Waals surface area contributed by atoms with Crippen LogP contribution in [-0.2, 0) is 14.3 Å². The molecule has 3 aliphatic heterocycles. The molecule has 4 rings (SSSR count). The molecular weight excluding hydrogens is 263 g/mol. The molecule has 5 heteroatoms. The molecule has 0 radical (unpaired) electrons. The van der Waals surface area contributed by atoms with Crippen molar-refractivity contribution in [1.29, 1.82) is 0 Å². The molecule has 0 spiro atoms. The predicted octanol–water partition coefficient (Wildman–Crippen LogP) is 2.03. The third kappa shape index (κ3) is 1.50. The summed E-state index contributed by atoms with van der Waals surface area (Å²) in [5, 5.41) is 0. The van der Waals surface area contributed by atoms with E-state index in [0.717, 1.165) is 12.8 Å². The van der Waals surface area contributed by atoms with Gasteiger partial charge in [0.1, 0.15) is 18.2 Å². The first-order chi connectivity index (χ1) is 9.69. The average Bonchev–Trinajstić information content (AvgIpc) is 3.12. The number of halogens is 1. The number of benzene rings is 1. The van der Waals surface area contributed by atoms with Gasteiger partial charge in [0.25, 0.3) is 0 Å². The summed E-state index contributed by atoms with van der Waals surface area (Å²) in [4.78, 5) is 23.2. The van der Waals surface area contributed by atoms with Crippen molar-refractivity contribution in [2.24, 2.45) is 11.8 Å². The molecule has 4 nitrogen and oxygen atoms in total. The largest absolute Gasteiger partial charge is 0.457 e. The fraction of sp³-hybridized carbons (Fsp3) is 0.467. The van der Waals surface area contributed by atoms with Crippen LogP contribution in [0.25, 0.3) is 0 Å². The van der Waals surface area contributed by atoms with Gasteiger partial charge in [-0.1, -0.05) is 0 Å². The summed E-state index contributed by atoms with van der Waals surface area (Å²) in [7, 11) is 0. The molecule has 5 unspecified atom stereocenters. The van der Waals surface area contributed by atoms with Crippen LogP contribution in [0.3, 0.4) is 0 Å². The highest BCUT2D eigenvalue weighted by molar-refractivity contribution is 5.80. The van der Waals surface area contributed by atoms with E-state index in [0.29, 0.717) is 17.4 Å². The number of rotatable bonds is 2. The smallest absolute Gasteiger partial charge is 0.312 e. The SMILES string of the molecule is O=Cc1ccc(F)cc1C1OC(=O)C2C3CCC(O3)C12. The van der Waals surface area contributed by atoms with Crippen LogP contribution >= 0.6 is 0 Å². The summed E-state index contributed by atoms with van der Waals surface area (Å²) in [5.41, 5.74) is 0.824. The van der Waals surface area contributed by atoms with Crippen molar-refractivity contribution in [3.05, 3.63) is 35.1 Å². The highest BCUT2D eigenvalue weighted by Gasteiger charge is 2.61. The monoisotopic (exact) mass is 276 g/mol. The van der Waals surface area contributed by atoms with Gasteiger partial charge in [0.05, 0.1) is 18.1 Å². The first kappa shape index (κ1) is 12.0. The molecule has 2 bridgehead atoms. The Kier molecular flexibility index (Phi) is 2.48. The van der Waals surface area contributed by atoms with Crippen molar-refractivity contribution in [2.75, 3.05) is 0 Å². The number of ether oxygens (including phenoxy) is 2. The highest BCUT2D eigenvalue weighted by Crippen LogP contribution is 2.54. The van der Waals surface area contributed by atoms with Crippen LogP contribution in [0.4, 0.5) is 4.39 Å².